The molecule has 0 radical (unpaired) electrons. The smallest absolute Gasteiger partial charge is 0.406 e. The summed E-state index contributed by atoms with van der Waals surface area (Å²) in [6, 6.07) is 6.14. The number of H-pyrrole nitrogens is 1. The summed E-state index contributed by atoms with van der Waals surface area (Å²) in [5, 5.41) is 2.67. The number of carbonyl (C=O) groups excluding carboxylic acids is 1. The molecule has 0 spiro atoms. The lowest BCUT2D eigenvalue weighted by molar-refractivity contribution is 0.171. The van der Waals surface area contributed by atoms with Crippen LogP contribution in [0.1, 0.15) is 18.4 Å². The van der Waals surface area contributed by atoms with E-state index in [0.717, 1.165) is 30.3 Å². The van der Waals surface area contributed by atoms with Crippen molar-refractivity contribution in [3.05, 3.63) is 30.1 Å². The Bertz CT molecular complexity index is 522. The zero-order valence-corrected chi connectivity index (χ0v) is 10.4. The molecule has 2 rings (SSSR count). The first-order chi connectivity index (χ1) is 8.81. The van der Waals surface area contributed by atoms with Gasteiger partial charge in [-0.2, -0.15) is 0 Å². The first-order valence-electron chi connectivity index (χ1n) is 6.04. The number of aryl methyl sites for hydroxylation is 1. The van der Waals surface area contributed by atoms with E-state index in [2.05, 4.69) is 26.1 Å². The van der Waals surface area contributed by atoms with Gasteiger partial charge < -0.3 is 15.0 Å². The van der Waals surface area contributed by atoms with E-state index in [4.69, 9.17) is 0 Å². The molecule has 5 heteroatoms. The third kappa shape index (κ3) is 3.00. The number of para-hydroxylation sites is 1. The molecule has 0 atom stereocenters. The fourth-order valence-electron chi connectivity index (χ4n) is 1.93. The van der Waals surface area contributed by atoms with Crippen LogP contribution in [0.5, 0.6) is 0 Å². The Morgan fingerprint density at radius 2 is 2.33 bits per heavy atom. The van der Waals surface area contributed by atoms with E-state index in [1.165, 1.54) is 12.7 Å². The Morgan fingerprint density at radius 1 is 1.44 bits per heavy atom. The molecule has 96 valence electrons. The molecule has 0 aliphatic heterocycles. The number of rotatable bonds is 5. The third-order valence-corrected chi connectivity index (χ3v) is 2.86. The maximum absolute atomic E-state index is 10.8. The van der Waals surface area contributed by atoms with Crippen LogP contribution in [-0.4, -0.2) is 29.7 Å². The molecule has 1 heterocycles. The standard InChI is InChI=1S/C13H17N3O2/c1-18-13(17)14-8-3-2-5-10-6-4-7-11-12(10)16-9-15-11/h4,6-7,9H,2-3,5,8H2,1H3,(H,14,17)(H,15,16). The monoisotopic (exact) mass is 247 g/mol. The molecule has 0 bridgehead atoms. The fourth-order valence-corrected chi connectivity index (χ4v) is 1.93. The number of alkyl carbamates (subject to hydrolysis) is 1. The summed E-state index contributed by atoms with van der Waals surface area (Å²) in [5.41, 5.74) is 3.35. The summed E-state index contributed by atoms with van der Waals surface area (Å²) >= 11 is 0. The number of imidazole rings is 1. The predicted octanol–water partition coefficient (Wildman–Crippen LogP) is 2.24. The number of amides is 1. The van der Waals surface area contributed by atoms with Crippen LogP contribution >= 0.6 is 0 Å². The normalized spacial score (nSPS) is 10.5. The van der Waals surface area contributed by atoms with Gasteiger partial charge in [0.1, 0.15) is 0 Å². The van der Waals surface area contributed by atoms with Crippen LogP contribution in [-0.2, 0) is 11.2 Å². The van der Waals surface area contributed by atoms with Crippen molar-refractivity contribution in [1.82, 2.24) is 15.3 Å². The van der Waals surface area contributed by atoms with Crippen LogP contribution in [0, 0.1) is 0 Å². The van der Waals surface area contributed by atoms with Crippen LogP contribution in [0.4, 0.5) is 4.79 Å². The zero-order chi connectivity index (χ0) is 12.8. The Morgan fingerprint density at radius 3 is 3.17 bits per heavy atom. The highest BCUT2D eigenvalue weighted by molar-refractivity contribution is 5.78. The number of benzene rings is 1. The minimum atomic E-state index is -0.371. The number of nitrogens with one attached hydrogen (secondary N) is 2. The summed E-state index contributed by atoms with van der Waals surface area (Å²) in [6.07, 6.45) is 4.24. The molecule has 0 aliphatic rings. The van der Waals surface area contributed by atoms with Crippen molar-refractivity contribution < 1.29 is 9.53 Å². The number of aromatic amines is 1. The molecule has 0 saturated carbocycles. The molecule has 2 N–H and O–H groups in total. The van der Waals surface area contributed by atoms with Crippen molar-refractivity contribution in [3.63, 3.8) is 0 Å². The van der Waals surface area contributed by atoms with E-state index in [1.54, 1.807) is 6.33 Å². The highest BCUT2D eigenvalue weighted by atomic mass is 16.5. The lowest BCUT2D eigenvalue weighted by atomic mass is 10.1. The number of aromatic nitrogens is 2. The average Bonchev–Trinajstić information content (AvgIpc) is 2.87. The number of fused-ring (bicyclic) bond motifs is 1. The fraction of sp³-hybridized carbons (Fsp3) is 0.385. The lowest BCUT2D eigenvalue weighted by Gasteiger charge is -2.04. The summed E-state index contributed by atoms with van der Waals surface area (Å²) in [7, 11) is 1.37. The van der Waals surface area contributed by atoms with Crippen molar-refractivity contribution in [3.8, 4) is 0 Å². The molecule has 1 amide bonds. The molecule has 0 saturated heterocycles. The van der Waals surface area contributed by atoms with Crippen LogP contribution < -0.4 is 5.32 Å². The van der Waals surface area contributed by atoms with Gasteiger partial charge >= 0.3 is 6.09 Å². The first-order valence-corrected chi connectivity index (χ1v) is 6.04. The van der Waals surface area contributed by atoms with Crippen molar-refractivity contribution in [2.45, 2.75) is 19.3 Å². The van der Waals surface area contributed by atoms with Gasteiger partial charge in [-0.3, -0.25) is 0 Å². The molecular weight excluding hydrogens is 230 g/mol. The zero-order valence-electron chi connectivity index (χ0n) is 10.4. The Kier molecular flexibility index (Phi) is 4.17. The van der Waals surface area contributed by atoms with Gasteiger partial charge in [0.25, 0.3) is 0 Å². The van der Waals surface area contributed by atoms with E-state index < -0.39 is 0 Å². The molecule has 5 nitrogen and oxygen atoms in total. The number of hydrogen-bond donors (Lipinski definition) is 2. The van der Waals surface area contributed by atoms with E-state index in [9.17, 15) is 4.79 Å². The number of nitrogens with zero attached hydrogens (tertiary/aromatic N) is 1. The highest BCUT2D eigenvalue weighted by Gasteiger charge is 2.03. The van der Waals surface area contributed by atoms with E-state index in [0.29, 0.717) is 6.54 Å². The maximum Gasteiger partial charge on any atom is 0.406 e. The second-order valence-corrected chi connectivity index (χ2v) is 4.09. The molecule has 0 fully saturated rings. The third-order valence-electron chi connectivity index (χ3n) is 2.86. The van der Waals surface area contributed by atoms with Gasteiger partial charge in [0, 0.05) is 6.54 Å². The molecule has 1 aromatic heterocycles. The minimum Gasteiger partial charge on any atom is -0.453 e. The molecule has 0 unspecified atom stereocenters. The number of ether oxygens (including phenoxy) is 1. The summed E-state index contributed by atoms with van der Waals surface area (Å²) in [4.78, 5) is 18.3. The number of carbonyl (C=O) groups is 1. The molecule has 1 aromatic carbocycles. The number of hydrogen-bond acceptors (Lipinski definition) is 3. The Labute approximate surface area is 106 Å². The SMILES string of the molecule is COC(=O)NCCCCc1cccc2[nH]cnc12. The van der Waals surface area contributed by atoms with Gasteiger partial charge in [0.2, 0.25) is 0 Å². The van der Waals surface area contributed by atoms with Gasteiger partial charge in [-0.15, -0.1) is 0 Å². The van der Waals surface area contributed by atoms with E-state index in [1.807, 2.05) is 12.1 Å². The highest BCUT2D eigenvalue weighted by Crippen LogP contribution is 2.16. The predicted molar refractivity (Wildman–Crippen MR) is 69.4 cm³/mol. The summed E-state index contributed by atoms with van der Waals surface area (Å²) in [6.45, 7) is 0.642. The molecule has 2 aromatic rings. The topological polar surface area (TPSA) is 67.0 Å². The average molecular weight is 247 g/mol. The number of methoxy groups -OCH3 is 1. The van der Waals surface area contributed by atoms with Gasteiger partial charge in [0.15, 0.2) is 0 Å². The second kappa shape index (κ2) is 6.05. The van der Waals surface area contributed by atoms with E-state index >= 15 is 0 Å². The molecule has 0 aliphatic carbocycles. The second-order valence-electron chi connectivity index (χ2n) is 4.09. The maximum atomic E-state index is 10.8. The Balaban J connectivity index is 1.80. The largest absolute Gasteiger partial charge is 0.453 e. The lowest BCUT2D eigenvalue weighted by Crippen LogP contribution is -2.23. The van der Waals surface area contributed by atoms with Crippen molar-refractivity contribution in [1.29, 1.82) is 0 Å². The van der Waals surface area contributed by atoms with Gasteiger partial charge in [-0.1, -0.05) is 12.1 Å². The molecular formula is C13H17N3O2. The van der Waals surface area contributed by atoms with Gasteiger partial charge in [0.05, 0.1) is 24.5 Å². The van der Waals surface area contributed by atoms with Crippen molar-refractivity contribution in [2.75, 3.05) is 13.7 Å². The minimum absolute atomic E-state index is 0.371. The molecule has 18 heavy (non-hydrogen) atoms. The summed E-state index contributed by atoms with van der Waals surface area (Å²) < 4.78 is 4.50. The van der Waals surface area contributed by atoms with Crippen LogP contribution in [0.15, 0.2) is 24.5 Å². The van der Waals surface area contributed by atoms with Gasteiger partial charge in [-0.25, -0.2) is 9.78 Å². The first kappa shape index (κ1) is 12.4. The van der Waals surface area contributed by atoms with Crippen LogP contribution in [0.25, 0.3) is 11.0 Å². The Hall–Kier alpha value is -2.04. The number of unbranched alkanes of at least 4 members (excludes halogenated alkanes) is 1. The summed E-state index contributed by atoms with van der Waals surface area (Å²) in [5.74, 6) is 0. The van der Waals surface area contributed by atoms with Crippen molar-refractivity contribution >= 4 is 17.1 Å². The van der Waals surface area contributed by atoms with E-state index in [-0.39, 0.29) is 6.09 Å². The van der Waals surface area contributed by atoms with Crippen LogP contribution in [0.2, 0.25) is 0 Å². The van der Waals surface area contributed by atoms with Crippen molar-refractivity contribution in [2.24, 2.45) is 0 Å². The van der Waals surface area contributed by atoms with Gasteiger partial charge in [-0.05, 0) is 30.9 Å². The quantitative estimate of drug-likeness (QED) is 0.796. The van der Waals surface area contributed by atoms with Crippen LogP contribution in [0.3, 0.4) is 0 Å².